The van der Waals surface area contributed by atoms with Crippen LogP contribution in [-0.4, -0.2) is 41.5 Å². The van der Waals surface area contributed by atoms with E-state index in [1.54, 1.807) is 24.1 Å². The third kappa shape index (κ3) is 2.08. The molecule has 1 fully saturated rings. The number of carbonyl (C=O) groups excluding carboxylic acids is 1. The van der Waals surface area contributed by atoms with Crippen molar-refractivity contribution in [3.05, 3.63) is 17.8 Å². The van der Waals surface area contributed by atoms with Gasteiger partial charge in [0, 0.05) is 20.1 Å². The van der Waals surface area contributed by atoms with Crippen molar-refractivity contribution in [3.8, 4) is 6.07 Å². The number of likely N-dealkylation sites (N-methyl/N-ethyl adjacent to an activating group) is 1. The highest BCUT2D eigenvalue weighted by Crippen LogP contribution is 2.28. The van der Waals surface area contributed by atoms with E-state index in [2.05, 4.69) is 4.98 Å². The molecule has 19 heavy (non-hydrogen) atoms. The lowest BCUT2D eigenvalue weighted by Crippen LogP contribution is -2.62. The number of hydrogen-bond donors (Lipinski definition) is 1. The SMILES string of the molecule is CN1CCN(c2ccc(N)c(C#N)n2)C(C)(C)C1=O. The van der Waals surface area contributed by atoms with Crippen LogP contribution in [0.2, 0.25) is 0 Å². The monoisotopic (exact) mass is 259 g/mol. The van der Waals surface area contributed by atoms with Crippen molar-refractivity contribution in [2.45, 2.75) is 19.4 Å². The zero-order chi connectivity index (χ0) is 14.2. The molecule has 0 aliphatic carbocycles. The Morgan fingerprint density at radius 1 is 1.42 bits per heavy atom. The Bertz CT molecular complexity index is 561. The van der Waals surface area contributed by atoms with Gasteiger partial charge in [0.25, 0.3) is 0 Å². The number of amides is 1. The first kappa shape index (κ1) is 13.1. The number of nitrogens with two attached hydrogens (primary N) is 1. The zero-order valence-corrected chi connectivity index (χ0v) is 11.3. The summed E-state index contributed by atoms with van der Waals surface area (Å²) in [5, 5.41) is 8.98. The number of anilines is 2. The normalized spacial score (nSPS) is 18.3. The summed E-state index contributed by atoms with van der Waals surface area (Å²) in [5.41, 5.74) is 5.54. The van der Waals surface area contributed by atoms with Crippen molar-refractivity contribution in [2.24, 2.45) is 0 Å². The molecule has 6 nitrogen and oxygen atoms in total. The van der Waals surface area contributed by atoms with Crippen LogP contribution < -0.4 is 10.6 Å². The quantitative estimate of drug-likeness (QED) is 0.797. The van der Waals surface area contributed by atoms with Gasteiger partial charge in [0.15, 0.2) is 5.69 Å². The Kier molecular flexibility index (Phi) is 3.06. The number of nitriles is 1. The molecule has 1 aromatic rings. The van der Waals surface area contributed by atoms with Crippen LogP contribution in [0.25, 0.3) is 0 Å². The first-order valence-electron chi connectivity index (χ1n) is 6.07. The van der Waals surface area contributed by atoms with E-state index in [9.17, 15) is 4.79 Å². The molecule has 0 bridgehead atoms. The number of nitrogens with zero attached hydrogens (tertiary/aromatic N) is 4. The molecule has 1 amide bonds. The van der Waals surface area contributed by atoms with Crippen LogP contribution in [0, 0.1) is 11.3 Å². The van der Waals surface area contributed by atoms with Crippen LogP contribution in [0.15, 0.2) is 12.1 Å². The molecule has 1 saturated heterocycles. The van der Waals surface area contributed by atoms with Crippen molar-refractivity contribution < 1.29 is 4.79 Å². The van der Waals surface area contributed by atoms with Crippen molar-refractivity contribution >= 4 is 17.4 Å². The third-order valence-electron chi connectivity index (χ3n) is 3.50. The molecule has 0 atom stereocenters. The Labute approximate surface area is 112 Å². The molecular weight excluding hydrogens is 242 g/mol. The Morgan fingerprint density at radius 3 is 2.74 bits per heavy atom. The topological polar surface area (TPSA) is 86.2 Å². The molecule has 0 radical (unpaired) electrons. The van der Waals surface area contributed by atoms with Gasteiger partial charge < -0.3 is 15.5 Å². The molecule has 1 aliphatic rings. The lowest BCUT2D eigenvalue weighted by atomic mass is 9.97. The van der Waals surface area contributed by atoms with Gasteiger partial charge in [0.2, 0.25) is 5.91 Å². The molecule has 2 heterocycles. The highest BCUT2D eigenvalue weighted by molar-refractivity contribution is 5.90. The van der Waals surface area contributed by atoms with Crippen molar-refractivity contribution in [2.75, 3.05) is 30.8 Å². The Balaban J connectivity index is 2.42. The van der Waals surface area contributed by atoms with Gasteiger partial charge >= 0.3 is 0 Å². The maximum atomic E-state index is 12.2. The van der Waals surface area contributed by atoms with Gasteiger partial charge in [-0.1, -0.05) is 0 Å². The molecule has 6 heteroatoms. The number of aromatic nitrogens is 1. The molecule has 0 spiro atoms. The standard InChI is InChI=1S/C13H17N5O/c1-13(2)12(19)17(3)6-7-18(13)11-5-4-9(15)10(8-14)16-11/h4-5H,6-7,15H2,1-3H3. The maximum absolute atomic E-state index is 12.2. The summed E-state index contributed by atoms with van der Waals surface area (Å²) in [5.74, 6) is 0.646. The van der Waals surface area contributed by atoms with E-state index in [0.717, 1.165) is 0 Å². The van der Waals surface area contributed by atoms with Crippen molar-refractivity contribution in [1.29, 1.82) is 5.26 Å². The second-order valence-corrected chi connectivity index (χ2v) is 5.16. The Hall–Kier alpha value is -2.29. The third-order valence-corrected chi connectivity index (χ3v) is 3.50. The Morgan fingerprint density at radius 2 is 2.11 bits per heavy atom. The molecular formula is C13H17N5O. The molecule has 2 N–H and O–H groups in total. The minimum absolute atomic E-state index is 0.0379. The average molecular weight is 259 g/mol. The zero-order valence-electron chi connectivity index (χ0n) is 11.3. The van der Waals surface area contributed by atoms with Gasteiger partial charge in [-0.05, 0) is 26.0 Å². The number of pyridine rings is 1. The van der Waals surface area contributed by atoms with E-state index in [1.807, 2.05) is 24.8 Å². The molecule has 0 saturated carbocycles. The van der Waals surface area contributed by atoms with Gasteiger partial charge in [0.1, 0.15) is 17.4 Å². The molecule has 1 aliphatic heterocycles. The molecule has 0 aromatic carbocycles. The van der Waals surface area contributed by atoms with E-state index in [4.69, 9.17) is 11.0 Å². The lowest BCUT2D eigenvalue weighted by molar-refractivity contribution is -0.136. The fourth-order valence-corrected chi connectivity index (χ4v) is 2.31. The van der Waals surface area contributed by atoms with Crippen molar-refractivity contribution in [1.82, 2.24) is 9.88 Å². The van der Waals surface area contributed by atoms with E-state index in [1.165, 1.54) is 0 Å². The first-order valence-corrected chi connectivity index (χ1v) is 6.07. The van der Waals surface area contributed by atoms with Crippen LogP contribution >= 0.6 is 0 Å². The first-order chi connectivity index (χ1) is 8.87. The molecule has 2 rings (SSSR count). The smallest absolute Gasteiger partial charge is 0.247 e. The minimum Gasteiger partial charge on any atom is -0.396 e. The summed E-state index contributed by atoms with van der Waals surface area (Å²) in [7, 11) is 1.79. The fourth-order valence-electron chi connectivity index (χ4n) is 2.31. The average Bonchev–Trinajstić information content (AvgIpc) is 2.37. The molecule has 100 valence electrons. The van der Waals surface area contributed by atoms with Crippen LogP contribution in [0.3, 0.4) is 0 Å². The van der Waals surface area contributed by atoms with Crippen LogP contribution in [-0.2, 0) is 4.79 Å². The van der Waals surface area contributed by atoms with E-state index < -0.39 is 5.54 Å². The number of piperazine rings is 1. The minimum atomic E-state index is -0.678. The summed E-state index contributed by atoms with van der Waals surface area (Å²) in [6.45, 7) is 5.03. The number of nitrogen functional groups attached to an aromatic ring is 1. The van der Waals surface area contributed by atoms with Gasteiger partial charge in [-0.15, -0.1) is 0 Å². The summed E-state index contributed by atoms with van der Waals surface area (Å²) >= 11 is 0. The predicted octanol–water partition coefficient (Wildman–Crippen LogP) is 0.592. The maximum Gasteiger partial charge on any atom is 0.247 e. The number of carbonyl (C=O) groups is 1. The van der Waals surface area contributed by atoms with E-state index >= 15 is 0 Å². The lowest BCUT2D eigenvalue weighted by Gasteiger charge is -2.45. The van der Waals surface area contributed by atoms with Gasteiger partial charge in [-0.25, -0.2) is 4.98 Å². The highest BCUT2D eigenvalue weighted by Gasteiger charge is 2.41. The van der Waals surface area contributed by atoms with E-state index in [-0.39, 0.29) is 11.6 Å². The second-order valence-electron chi connectivity index (χ2n) is 5.16. The van der Waals surface area contributed by atoms with E-state index in [0.29, 0.717) is 24.6 Å². The molecule has 0 unspecified atom stereocenters. The van der Waals surface area contributed by atoms with Crippen molar-refractivity contribution in [3.63, 3.8) is 0 Å². The van der Waals surface area contributed by atoms with Gasteiger partial charge in [-0.3, -0.25) is 4.79 Å². The van der Waals surface area contributed by atoms with Crippen LogP contribution in [0.5, 0.6) is 0 Å². The second kappa shape index (κ2) is 4.43. The summed E-state index contributed by atoms with van der Waals surface area (Å²) in [4.78, 5) is 20.1. The summed E-state index contributed by atoms with van der Waals surface area (Å²) in [6.07, 6.45) is 0. The summed E-state index contributed by atoms with van der Waals surface area (Å²) < 4.78 is 0. The number of rotatable bonds is 1. The number of hydrogen-bond acceptors (Lipinski definition) is 5. The summed E-state index contributed by atoms with van der Waals surface area (Å²) in [6, 6.07) is 5.36. The largest absolute Gasteiger partial charge is 0.396 e. The van der Waals surface area contributed by atoms with Crippen LogP contribution in [0.1, 0.15) is 19.5 Å². The highest BCUT2D eigenvalue weighted by atomic mass is 16.2. The van der Waals surface area contributed by atoms with Gasteiger partial charge in [0.05, 0.1) is 5.69 Å². The van der Waals surface area contributed by atoms with Crippen LogP contribution in [0.4, 0.5) is 11.5 Å². The van der Waals surface area contributed by atoms with Gasteiger partial charge in [-0.2, -0.15) is 5.26 Å². The molecule has 1 aromatic heterocycles. The fraction of sp³-hybridized carbons (Fsp3) is 0.462. The predicted molar refractivity (Wildman–Crippen MR) is 72.4 cm³/mol.